The first-order valence-corrected chi connectivity index (χ1v) is 10.8. The Hall–Kier alpha value is -3.06. The third kappa shape index (κ3) is 4.51. The molecule has 0 bridgehead atoms. The van der Waals surface area contributed by atoms with Crippen molar-refractivity contribution in [3.8, 4) is 11.4 Å². The molecule has 1 aliphatic heterocycles. The van der Waals surface area contributed by atoms with E-state index in [0.717, 1.165) is 35.4 Å². The molecule has 0 radical (unpaired) electrons. The largest absolute Gasteiger partial charge is 0.351 e. The molecular formula is C24H25FN4OS. The van der Waals surface area contributed by atoms with Gasteiger partial charge in [0.05, 0.1) is 11.6 Å². The van der Waals surface area contributed by atoms with E-state index in [9.17, 15) is 4.39 Å². The standard InChI is InChI=1S/C24H25FN4OS/c1-15(2)13-14-29-16(3)20(21(26-24(29)31)17-9-11-19(25)12-10-17)23-27-22(28-30-23)18-7-5-4-6-8-18/h4-12,15,21H,13-14H2,1-3H3,(H,26,31). The molecule has 1 aromatic heterocycles. The minimum atomic E-state index is -0.313. The van der Waals surface area contributed by atoms with E-state index in [1.807, 2.05) is 37.3 Å². The molecule has 4 rings (SSSR count). The van der Waals surface area contributed by atoms with Crippen LogP contribution in [-0.2, 0) is 0 Å². The molecule has 2 heterocycles. The van der Waals surface area contributed by atoms with E-state index in [1.54, 1.807) is 12.1 Å². The third-order valence-corrected chi connectivity index (χ3v) is 5.76. The molecule has 0 saturated carbocycles. The number of nitrogens with one attached hydrogen (secondary N) is 1. The van der Waals surface area contributed by atoms with Crippen LogP contribution in [0.4, 0.5) is 4.39 Å². The Kier molecular flexibility index (Phi) is 6.13. The number of hydrogen-bond donors (Lipinski definition) is 1. The molecule has 0 fully saturated rings. The number of hydrogen-bond acceptors (Lipinski definition) is 4. The van der Waals surface area contributed by atoms with Crippen LogP contribution in [0.2, 0.25) is 0 Å². The lowest BCUT2D eigenvalue weighted by molar-refractivity contribution is 0.390. The van der Waals surface area contributed by atoms with Gasteiger partial charge < -0.3 is 14.7 Å². The molecule has 160 valence electrons. The summed E-state index contributed by atoms with van der Waals surface area (Å²) in [7, 11) is 0. The number of nitrogens with zero attached hydrogens (tertiary/aromatic N) is 3. The van der Waals surface area contributed by atoms with Crippen molar-refractivity contribution in [2.45, 2.75) is 33.2 Å². The first kappa shape index (κ1) is 21.2. The molecule has 1 atom stereocenters. The fraction of sp³-hybridized carbons (Fsp3) is 0.292. The smallest absolute Gasteiger partial charge is 0.258 e. The molecule has 1 aliphatic rings. The Morgan fingerprint density at radius 1 is 1.13 bits per heavy atom. The normalized spacial score (nSPS) is 16.7. The Morgan fingerprint density at radius 3 is 2.52 bits per heavy atom. The second-order valence-electron chi connectivity index (χ2n) is 8.06. The quantitative estimate of drug-likeness (QED) is 0.509. The maximum absolute atomic E-state index is 13.5. The van der Waals surface area contributed by atoms with Crippen LogP contribution < -0.4 is 5.32 Å². The number of benzene rings is 2. The first-order valence-electron chi connectivity index (χ1n) is 10.4. The van der Waals surface area contributed by atoms with Crippen LogP contribution in [0.15, 0.2) is 64.8 Å². The van der Waals surface area contributed by atoms with Gasteiger partial charge in [-0.2, -0.15) is 4.98 Å². The number of halogens is 1. The van der Waals surface area contributed by atoms with Crippen molar-refractivity contribution < 1.29 is 8.91 Å². The van der Waals surface area contributed by atoms with Crippen molar-refractivity contribution in [3.63, 3.8) is 0 Å². The van der Waals surface area contributed by atoms with Crippen LogP contribution in [-0.4, -0.2) is 26.7 Å². The minimum Gasteiger partial charge on any atom is -0.351 e. The highest BCUT2D eigenvalue weighted by atomic mass is 32.1. The Bertz CT molecular complexity index is 1090. The van der Waals surface area contributed by atoms with E-state index >= 15 is 0 Å². The van der Waals surface area contributed by atoms with Gasteiger partial charge in [0.1, 0.15) is 5.82 Å². The summed E-state index contributed by atoms with van der Waals surface area (Å²) < 4.78 is 19.3. The van der Waals surface area contributed by atoms with Gasteiger partial charge >= 0.3 is 0 Å². The number of rotatable bonds is 6. The molecule has 0 spiro atoms. The predicted molar refractivity (Wildman–Crippen MR) is 123 cm³/mol. The Morgan fingerprint density at radius 2 is 1.84 bits per heavy atom. The van der Waals surface area contributed by atoms with E-state index in [1.165, 1.54) is 12.1 Å². The lowest BCUT2D eigenvalue weighted by Gasteiger charge is -2.37. The zero-order valence-corrected chi connectivity index (χ0v) is 18.6. The summed E-state index contributed by atoms with van der Waals surface area (Å²) in [5.41, 5.74) is 3.56. The first-order chi connectivity index (χ1) is 14.9. The molecule has 0 saturated heterocycles. The van der Waals surface area contributed by atoms with Gasteiger partial charge in [0, 0.05) is 17.8 Å². The molecule has 1 N–H and O–H groups in total. The van der Waals surface area contributed by atoms with Crippen LogP contribution >= 0.6 is 12.2 Å². The maximum atomic E-state index is 13.5. The zero-order valence-electron chi connectivity index (χ0n) is 17.8. The topological polar surface area (TPSA) is 54.2 Å². The van der Waals surface area contributed by atoms with E-state index in [2.05, 4.69) is 34.2 Å². The van der Waals surface area contributed by atoms with Gasteiger partial charge in [-0.05, 0) is 49.2 Å². The van der Waals surface area contributed by atoms with E-state index < -0.39 is 0 Å². The number of aromatic nitrogens is 2. The lowest BCUT2D eigenvalue weighted by atomic mass is 9.94. The van der Waals surface area contributed by atoms with Gasteiger partial charge in [-0.3, -0.25) is 0 Å². The van der Waals surface area contributed by atoms with Crippen molar-refractivity contribution in [1.82, 2.24) is 20.4 Å². The van der Waals surface area contributed by atoms with Crippen LogP contribution in [0.5, 0.6) is 0 Å². The molecular weight excluding hydrogens is 411 g/mol. The highest BCUT2D eigenvalue weighted by Gasteiger charge is 2.34. The monoisotopic (exact) mass is 436 g/mol. The van der Waals surface area contributed by atoms with Gasteiger partial charge in [0.2, 0.25) is 5.82 Å². The van der Waals surface area contributed by atoms with Crippen molar-refractivity contribution in [2.24, 2.45) is 5.92 Å². The van der Waals surface area contributed by atoms with Crippen LogP contribution in [0.25, 0.3) is 17.0 Å². The van der Waals surface area contributed by atoms with Gasteiger partial charge in [0.15, 0.2) is 5.11 Å². The highest BCUT2D eigenvalue weighted by Crippen LogP contribution is 2.37. The van der Waals surface area contributed by atoms with Crippen molar-refractivity contribution in [2.75, 3.05) is 6.54 Å². The Balaban J connectivity index is 1.78. The van der Waals surface area contributed by atoms with E-state index in [0.29, 0.717) is 22.7 Å². The van der Waals surface area contributed by atoms with Gasteiger partial charge in [-0.1, -0.05) is 61.5 Å². The molecule has 31 heavy (non-hydrogen) atoms. The fourth-order valence-electron chi connectivity index (χ4n) is 3.66. The molecule has 7 heteroatoms. The summed E-state index contributed by atoms with van der Waals surface area (Å²) in [4.78, 5) is 6.76. The average Bonchev–Trinajstić information content (AvgIpc) is 3.24. The molecule has 0 amide bonds. The second kappa shape index (κ2) is 8.98. The lowest BCUT2D eigenvalue weighted by Crippen LogP contribution is -2.46. The maximum Gasteiger partial charge on any atom is 0.258 e. The minimum absolute atomic E-state index is 0.285. The van der Waals surface area contributed by atoms with Gasteiger partial charge in [-0.15, -0.1) is 0 Å². The second-order valence-corrected chi connectivity index (χ2v) is 8.44. The summed E-state index contributed by atoms with van der Waals surface area (Å²) in [6.45, 7) is 7.18. The van der Waals surface area contributed by atoms with Gasteiger partial charge in [0.25, 0.3) is 5.89 Å². The molecule has 2 aromatic carbocycles. The predicted octanol–water partition coefficient (Wildman–Crippen LogP) is 5.58. The van der Waals surface area contributed by atoms with Crippen LogP contribution in [0, 0.1) is 11.7 Å². The van der Waals surface area contributed by atoms with Crippen molar-refractivity contribution in [1.29, 1.82) is 0 Å². The average molecular weight is 437 g/mol. The Labute approximate surface area is 187 Å². The highest BCUT2D eigenvalue weighted by molar-refractivity contribution is 7.80. The summed E-state index contributed by atoms with van der Waals surface area (Å²) >= 11 is 5.68. The molecule has 1 unspecified atom stereocenters. The molecule has 3 aromatic rings. The summed E-state index contributed by atoms with van der Waals surface area (Å²) in [5, 5.41) is 8.24. The fourth-order valence-corrected chi connectivity index (χ4v) is 4.00. The van der Waals surface area contributed by atoms with Crippen molar-refractivity contribution in [3.05, 3.63) is 77.6 Å². The van der Waals surface area contributed by atoms with Crippen LogP contribution in [0.3, 0.4) is 0 Å². The SMILES string of the molecule is CC1=C(c2nc(-c3ccccc3)no2)C(c2ccc(F)cc2)NC(=S)N1CCC(C)C. The summed E-state index contributed by atoms with van der Waals surface area (Å²) in [6.07, 6.45) is 0.993. The summed E-state index contributed by atoms with van der Waals surface area (Å²) in [5.74, 6) is 1.21. The number of allylic oxidation sites excluding steroid dienone is 1. The van der Waals surface area contributed by atoms with Crippen LogP contribution in [0.1, 0.15) is 44.7 Å². The molecule has 0 aliphatic carbocycles. The van der Waals surface area contributed by atoms with E-state index in [-0.39, 0.29) is 11.9 Å². The zero-order chi connectivity index (χ0) is 22.0. The van der Waals surface area contributed by atoms with Crippen molar-refractivity contribution >= 4 is 22.9 Å². The summed E-state index contributed by atoms with van der Waals surface area (Å²) in [6, 6.07) is 15.8. The van der Waals surface area contributed by atoms with Gasteiger partial charge in [-0.25, -0.2) is 4.39 Å². The molecule has 5 nitrogen and oxygen atoms in total. The van der Waals surface area contributed by atoms with E-state index in [4.69, 9.17) is 16.7 Å². The number of thiocarbonyl (C=S) groups is 1. The third-order valence-electron chi connectivity index (χ3n) is 5.42.